The standard InChI is InChI=1S/C20H24FN3O3/c1-9(2)15-13-14(17(26)24(16(13)25)19(3,4)5)20(23-15)11-8-10(21)6-7-12(11)22-18(20)27/h6-9,13-15,23H,1-5H3,(H,22,27)/p+1/t13-,14-,15+,20+/m0/s1. The maximum absolute atomic E-state index is 14.0. The van der Waals surface area contributed by atoms with Crippen LogP contribution in [0, 0.1) is 23.6 Å². The van der Waals surface area contributed by atoms with E-state index >= 15 is 0 Å². The summed E-state index contributed by atoms with van der Waals surface area (Å²) in [5.74, 6) is -2.76. The van der Waals surface area contributed by atoms with E-state index in [2.05, 4.69) is 5.32 Å². The molecule has 0 bridgehead atoms. The normalized spacial score (nSPS) is 32.5. The second kappa shape index (κ2) is 5.38. The smallest absolute Gasteiger partial charge is 0.291 e. The first-order chi connectivity index (χ1) is 12.5. The molecule has 3 N–H and O–H groups in total. The van der Waals surface area contributed by atoms with Gasteiger partial charge in [-0.1, -0.05) is 13.8 Å². The van der Waals surface area contributed by atoms with Gasteiger partial charge in [0.15, 0.2) is 0 Å². The number of nitrogens with zero attached hydrogens (tertiary/aromatic N) is 1. The molecule has 0 radical (unpaired) electrons. The minimum absolute atomic E-state index is 0.0685. The van der Waals surface area contributed by atoms with E-state index < -0.39 is 28.7 Å². The van der Waals surface area contributed by atoms with E-state index in [1.807, 2.05) is 39.9 Å². The molecule has 0 aromatic heterocycles. The van der Waals surface area contributed by atoms with Crippen molar-refractivity contribution in [1.29, 1.82) is 0 Å². The topological polar surface area (TPSA) is 83.1 Å². The number of imide groups is 1. The molecule has 1 aromatic rings. The number of carbonyl (C=O) groups is 3. The van der Waals surface area contributed by atoms with Gasteiger partial charge in [-0.25, -0.2) is 4.39 Å². The summed E-state index contributed by atoms with van der Waals surface area (Å²) < 4.78 is 14.0. The molecule has 2 saturated heterocycles. The molecule has 2 fully saturated rings. The zero-order valence-electron chi connectivity index (χ0n) is 16.2. The minimum Gasteiger partial charge on any atom is -0.326 e. The molecule has 3 aliphatic heterocycles. The van der Waals surface area contributed by atoms with E-state index in [-0.39, 0.29) is 29.7 Å². The Morgan fingerprint density at radius 1 is 1.19 bits per heavy atom. The van der Waals surface area contributed by atoms with Crippen molar-refractivity contribution in [2.75, 3.05) is 5.32 Å². The highest BCUT2D eigenvalue weighted by molar-refractivity contribution is 6.14. The Kier molecular flexibility index (Phi) is 3.60. The van der Waals surface area contributed by atoms with Crippen molar-refractivity contribution in [2.24, 2.45) is 17.8 Å². The maximum Gasteiger partial charge on any atom is 0.291 e. The molecule has 7 heteroatoms. The second-order valence-electron chi connectivity index (χ2n) is 9.19. The molecular formula is C20H25FN3O3+. The summed E-state index contributed by atoms with van der Waals surface area (Å²) in [4.78, 5) is 41.1. The largest absolute Gasteiger partial charge is 0.326 e. The van der Waals surface area contributed by atoms with E-state index in [0.717, 1.165) is 0 Å². The van der Waals surface area contributed by atoms with E-state index in [4.69, 9.17) is 0 Å². The number of amides is 3. The third-order valence-corrected chi connectivity index (χ3v) is 6.20. The number of anilines is 1. The van der Waals surface area contributed by atoms with Gasteiger partial charge in [-0.15, -0.1) is 0 Å². The Morgan fingerprint density at radius 2 is 1.85 bits per heavy atom. The van der Waals surface area contributed by atoms with Crippen molar-refractivity contribution < 1.29 is 24.1 Å². The fourth-order valence-corrected chi connectivity index (χ4v) is 5.13. The number of quaternary nitrogens is 1. The summed E-state index contributed by atoms with van der Waals surface area (Å²) in [6.07, 6.45) is 0. The van der Waals surface area contributed by atoms with Crippen LogP contribution in [0.3, 0.4) is 0 Å². The average molecular weight is 374 g/mol. The van der Waals surface area contributed by atoms with Gasteiger partial charge in [0.2, 0.25) is 17.4 Å². The van der Waals surface area contributed by atoms with Gasteiger partial charge in [0.25, 0.3) is 5.91 Å². The van der Waals surface area contributed by atoms with Crippen LogP contribution >= 0.6 is 0 Å². The van der Waals surface area contributed by atoms with Crippen LogP contribution in [0.15, 0.2) is 18.2 Å². The van der Waals surface area contributed by atoms with E-state index in [1.54, 1.807) is 0 Å². The van der Waals surface area contributed by atoms with Crippen LogP contribution in [-0.4, -0.2) is 34.2 Å². The van der Waals surface area contributed by atoms with Gasteiger partial charge in [-0.2, -0.15) is 0 Å². The third-order valence-electron chi connectivity index (χ3n) is 6.20. The summed E-state index contributed by atoms with van der Waals surface area (Å²) in [6, 6.07) is 3.89. The number of nitrogens with two attached hydrogens (primary N) is 1. The van der Waals surface area contributed by atoms with Crippen LogP contribution in [0.4, 0.5) is 10.1 Å². The van der Waals surface area contributed by atoms with E-state index in [0.29, 0.717) is 11.3 Å². The molecule has 1 aromatic carbocycles. The van der Waals surface area contributed by atoms with Gasteiger partial charge in [0.1, 0.15) is 23.7 Å². The van der Waals surface area contributed by atoms with Crippen LogP contribution in [-0.2, 0) is 19.9 Å². The molecule has 3 aliphatic rings. The first-order valence-electron chi connectivity index (χ1n) is 9.35. The van der Waals surface area contributed by atoms with Crippen molar-refractivity contribution >= 4 is 23.4 Å². The molecular weight excluding hydrogens is 349 g/mol. The van der Waals surface area contributed by atoms with Crippen molar-refractivity contribution in [1.82, 2.24) is 4.90 Å². The van der Waals surface area contributed by atoms with Crippen molar-refractivity contribution in [3.8, 4) is 0 Å². The average Bonchev–Trinajstić information content (AvgIpc) is 3.13. The Labute approximate surface area is 157 Å². The van der Waals surface area contributed by atoms with Gasteiger partial charge in [0.05, 0.1) is 5.69 Å². The summed E-state index contributed by atoms with van der Waals surface area (Å²) in [7, 11) is 0. The molecule has 4 atom stereocenters. The molecule has 144 valence electrons. The number of carbonyl (C=O) groups excluding carboxylic acids is 3. The predicted molar refractivity (Wildman–Crippen MR) is 95.8 cm³/mol. The van der Waals surface area contributed by atoms with Crippen LogP contribution < -0.4 is 10.6 Å². The highest BCUT2D eigenvalue weighted by Crippen LogP contribution is 2.51. The lowest BCUT2D eigenvalue weighted by Crippen LogP contribution is -2.99. The molecule has 4 rings (SSSR count). The van der Waals surface area contributed by atoms with E-state index in [9.17, 15) is 18.8 Å². The Morgan fingerprint density at radius 3 is 2.44 bits per heavy atom. The summed E-state index contributed by atoms with van der Waals surface area (Å²) in [6.45, 7) is 9.40. The van der Waals surface area contributed by atoms with Crippen molar-refractivity contribution in [2.45, 2.75) is 51.7 Å². The number of fused-ring (bicyclic) bond motifs is 4. The summed E-state index contributed by atoms with van der Waals surface area (Å²) in [5.41, 5.74) is -1.01. The minimum atomic E-state index is -1.30. The highest BCUT2D eigenvalue weighted by atomic mass is 19.1. The zero-order valence-corrected chi connectivity index (χ0v) is 16.2. The number of benzene rings is 1. The number of hydrogen-bond donors (Lipinski definition) is 2. The van der Waals surface area contributed by atoms with Gasteiger partial charge >= 0.3 is 0 Å². The second-order valence-corrected chi connectivity index (χ2v) is 9.19. The van der Waals surface area contributed by atoms with Crippen LogP contribution in [0.5, 0.6) is 0 Å². The first kappa shape index (κ1) is 18.1. The quantitative estimate of drug-likeness (QED) is 0.719. The lowest BCUT2D eigenvalue weighted by molar-refractivity contribution is -0.738. The molecule has 27 heavy (non-hydrogen) atoms. The van der Waals surface area contributed by atoms with E-state index in [1.165, 1.54) is 23.1 Å². The van der Waals surface area contributed by atoms with Crippen molar-refractivity contribution in [3.63, 3.8) is 0 Å². The summed E-state index contributed by atoms with van der Waals surface area (Å²) >= 11 is 0. The number of likely N-dealkylation sites (tertiary alicyclic amines) is 1. The number of hydrogen-bond acceptors (Lipinski definition) is 3. The molecule has 0 aliphatic carbocycles. The molecule has 3 amide bonds. The SMILES string of the molecule is CC(C)[C@H]1[NH2+][C@@]2(C(=O)Nc3ccc(F)cc32)[C@@H]2C(=O)N(C(C)(C)C)C(=O)[C@H]12. The molecule has 3 heterocycles. The van der Waals surface area contributed by atoms with Gasteiger partial charge < -0.3 is 10.6 Å². The fourth-order valence-electron chi connectivity index (χ4n) is 5.13. The number of halogens is 1. The molecule has 6 nitrogen and oxygen atoms in total. The highest BCUT2D eigenvalue weighted by Gasteiger charge is 2.75. The van der Waals surface area contributed by atoms with Crippen LogP contribution in [0.2, 0.25) is 0 Å². The monoisotopic (exact) mass is 374 g/mol. The lowest BCUT2D eigenvalue weighted by Gasteiger charge is -2.33. The molecule has 0 saturated carbocycles. The Hall–Kier alpha value is -2.28. The lowest BCUT2D eigenvalue weighted by atomic mass is 9.75. The fraction of sp³-hybridized carbons (Fsp3) is 0.550. The first-order valence-corrected chi connectivity index (χ1v) is 9.35. The molecule has 1 spiro atoms. The van der Waals surface area contributed by atoms with Gasteiger partial charge in [0, 0.05) is 17.0 Å². The van der Waals surface area contributed by atoms with Crippen LogP contribution in [0.25, 0.3) is 0 Å². The van der Waals surface area contributed by atoms with Crippen molar-refractivity contribution in [3.05, 3.63) is 29.6 Å². The zero-order chi connectivity index (χ0) is 19.9. The Bertz CT molecular complexity index is 876. The third kappa shape index (κ3) is 2.18. The van der Waals surface area contributed by atoms with Gasteiger partial charge in [-0.05, 0) is 39.0 Å². The predicted octanol–water partition coefficient (Wildman–Crippen LogP) is 0.974. The molecule has 0 unspecified atom stereocenters. The Balaban J connectivity index is 1.95. The van der Waals surface area contributed by atoms with Gasteiger partial charge in [-0.3, -0.25) is 19.3 Å². The maximum atomic E-state index is 14.0. The van der Waals surface area contributed by atoms with Crippen LogP contribution in [0.1, 0.15) is 40.2 Å². The number of rotatable bonds is 1. The summed E-state index contributed by atoms with van der Waals surface area (Å²) in [5, 5.41) is 4.64. The number of nitrogens with one attached hydrogen (secondary N) is 1.